The number of rotatable bonds is 1. The Bertz CT molecular complexity index is 929. The molecule has 0 aliphatic rings. The van der Waals surface area contributed by atoms with Gasteiger partial charge in [-0.3, -0.25) is 0 Å². The summed E-state index contributed by atoms with van der Waals surface area (Å²) in [5.74, 6) is 0.263. The van der Waals surface area contributed by atoms with Gasteiger partial charge in [-0.15, -0.1) is 0 Å². The van der Waals surface area contributed by atoms with Gasteiger partial charge in [0, 0.05) is 10.9 Å². The number of hydrogen-bond donors (Lipinski definition) is 2. The molecule has 96 valence electrons. The van der Waals surface area contributed by atoms with Crippen LogP contribution in [0.25, 0.3) is 33.2 Å². The number of aromatic nitrogens is 4. The lowest BCUT2D eigenvalue weighted by Crippen LogP contribution is -1.89. The third-order valence-electron chi connectivity index (χ3n) is 3.38. The number of fused-ring (bicyclic) bond motifs is 2. The molecule has 0 spiro atoms. The molecule has 0 amide bonds. The van der Waals surface area contributed by atoms with Crippen molar-refractivity contribution in [1.82, 2.24) is 19.9 Å². The lowest BCUT2D eigenvalue weighted by Gasteiger charge is -2.08. The number of imidazole rings is 1. The van der Waals surface area contributed by atoms with E-state index in [1.807, 2.05) is 30.3 Å². The molecule has 2 heterocycles. The Labute approximate surface area is 114 Å². The molecule has 0 saturated heterocycles. The van der Waals surface area contributed by atoms with Crippen molar-refractivity contribution >= 4 is 21.9 Å². The number of H-pyrrole nitrogens is 1. The number of nitrogens with one attached hydrogen (secondary N) is 1. The van der Waals surface area contributed by atoms with E-state index in [4.69, 9.17) is 0 Å². The largest absolute Gasteiger partial charge is 0.507 e. The highest BCUT2D eigenvalue weighted by atomic mass is 16.3. The second-order valence-electron chi connectivity index (χ2n) is 4.50. The Morgan fingerprint density at radius 3 is 2.65 bits per heavy atom. The highest BCUT2D eigenvalue weighted by Gasteiger charge is 2.12. The Morgan fingerprint density at radius 1 is 0.900 bits per heavy atom. The first kappa shape index (κ1) is 10.9. The van der Waals surface area contributed by atoms with Crippen molar-refractivity contribution in [2.75, 3.05) is 0 Å². The molecular formula is C15H10N4O. The van der Waals surface area contributed by atoms with E-state index in [0.717, 1.165) is 27.5 Å². The van der Waals surface area contributed by atoms with Crippen LogP contribution in [-0.2, 0) is 0 Å². The van der Waals surface area contributed by atoms with Crippen LogP contribution in [0.1, 0.15) is 0 Å². The van der Waals surface area contributed by atoms with Gasteiger partial charge in [-0.2, -0.15) is 0 Å². The quantitative estimate of drug-likeness (QED) is 0.553. The molecule has 0 unspecified atom stereocenters. The van der Waals surface area contributed by atoms with E-state index in [1.165, 1.54) is 6.33 Å². The maximum atomic E-state index is 9.96. The smallest absolute Gasteiger partial charge is 0.181 e. The first-order valence-corrected chi connectivity index (χ1v) is 6.20. The van der Waals surface area contributed by atoms with E-state index in [0.29, 0.717) is 5.65 Å². The molecule has 20 heavy (non-hydrogen) atoms. The van der Waals surface area contributed by atoms with Gasteiger partial charge in [0.2, 0.25) is 0 Å². The van der Waals surface area contributed by atoms with Crippen molar-refractivity contribution in [3.8, 4) is 17.0 Å². The number of hydrogen-bond acceptors (Lipinski definition) is 4. The van der Waals surface area contributed by atoms with Crippen molar-refractivity contribution in [1.29, 1.82) is 0 Å². The Balaban J connectivity index is 2.13. The van der Waals surface area contributed by atoms with Gasteiger partial charge in [0.25, 0.3) is 0 Å². The molecule has 5 heteroatoms. The van der Waals surface area contributed by atoms with E-state index in [2.05, 4.69) is 19.9 Å². The maximum Gasteiger partial charge on any atom is 0.181 e. The van der Waals surface area contributed by atoms with Crippen LogP contribution < -0.4 is 0 Å². The summed E-state index contributed by atoms with van der Waals surface area (Å²) in [5.41, 5.74) is 3.15. The van der Waals surface area contributed by atoms with E-state index in [1.54, 1.807) is 12.4 Å². The molecule has 0 aliphatic carbocycles. The summed E-state index contributed by atoms with van der Waals surface area (Å²) in [7, 11) is 0. The summed E-state index contributed by atoms with van der Waals surface area (Å²) < 4.78 is 0. The molecule has 2 aromatic heterocycles. The minimum atomic E-state index is 0.263. The predicted molar refractivity (Wildman–Crippen MR) is 76.3 cm³/mol. The van der Waals surface area contributed by atoms with E-state index in [9.17, 15) is 5.11 Å². The van der Waals surface area contributed by atoms with Crippen molar-refractivity contribution in [3.05, 3.63) is 49.1 Å². The predicted octanol–water partition coefficient (Wildman–Crippen LogP) is 2.88. The molecule has 4 rings (SSSR count). The zero-order valence-electron chi connectivity index (χ0n) is 10.4. The van der Waals surface area contributed by atoms with Crippen molar-refractivity contribution in [2.24, 2.45) is 0 Å². The SMILES string of the molecule is Oc1ccc(-c2ncnc3nc[nH]c23)c2ccccc12. The van der Waals surface area contributed by atoms with Gasteiger partial charge >= 0.3 is 0 Å². The van der Waals surface area contributed by atoms with Gasteiger partial charge in [0.1, 0.15) is 23.3 Å². The zero-order chi connectivity index (χ0) is 13.5. The fraction of sp³-hybridized carbons (Fsp3) is 0. The number of nitrogens with zero attached hydrogens (tertiary/aromatic N) is 3. The van der Waals surface area contributed by atoms with Gasteiger partial charge in [0.15, 0.2) is 5.65 Å². The Kier molecular flexibility index (Phi) is 2.20. The van der Waals surface area contributed by atoms with E-state index in [-0.39, 0.29) is 5.75 Å². The highest BCUT2D eigenvalue weighted by molar-refractivity contribution is 6.03. The van der Waals surface area contributed by atoms with Crippen molar-refractivity contribution in [3.63, 3.8) is 0 Å². The summed E-state index contributed by atoms with van der Waals surface area (Å²) in [6, 6.07) is 11.2. The van der Waals surface area contributed by atoms with E-state index < -0.39 is 0 Å². The number of benzene rings is 2. The van der Waals surface area contributed by atoms with Crippen LogP contribution in [0.5, 0.6) is 5.75 Å². The summed E-state index contributed by atoms with van der Waals surface area (Å²) in [4.78, 5) is 15.7. The topological polar surface area (TPSA) is 74.7 Å². The maximum absolute atomic E-state index is 9.96. The van der Waals surface area contributed by atoms with Crippen LogP contribution in [0.2, 0.25) is 0 Å². The monoisotopic (exact) mass is 262 g/mol. The van der Waals surface area contributed by atoms with Gasteiger partial charge in [0.05, 0.1) is 6.33 Å². The first-order chi connectivity index (χ1) is 9.84. The molecule has 0 radical (unpaired) electrons. The summed E-state index contributed by atoms with van der Waals surface area (Å²) in [5, 5.41) is 11.7. The Hall–Kier alpha value is -2.95. The molecular weight excluding hydrogens is 252 g/mol. The molecule has 2 aromatic carbocycles. The number of phenolic OH excluding ortho intramolecular Hbond substituents is 1. The van der Waals surface area contributed by atoms with Gasteiger partial charge in [-0.1, -0.05) is 24.3 Å². The van der Waals surface area contributed by atoms with Gasteiger partial charge in [-0.25, -0.2) is 15.0 Å². The summed E-state index contributed by atoms with van der Waals surface area (Å²) in [6.45, 7) is 0. The van der Waals surface area contributed by atoms with Crippen LogP contribution in [0.3, 0.4) is 0 Å². The average Bonchev–Trinajstić information content (AvgIpc) is 2.97. The summed E-state index contributed by atoms with van der Waals surface area (Å²) in [6.07, 6.45) is 3.10. The zero-order valence-corrected chi connectivity index (χ0v) is 10.4. The van der Waals surface area contributed by atoms with Gasteiger partial charge in [-0.05, 0) is 17.5 Å². The lowest BCUT2D eigenvalue weighted by molar-refractivity contribution is 0.481. The molecule has 2 N–H and O–H groups in total. The molecule has 0 fully saturated rings. The lowest BCUT2D eigenvalue weighted by atomic mass is 10.0. The minimum absolute atomic E-state index is 0.263. The first-order valence-electron chi connectivity index (χ1n) is 6.20. The second kappa shape index (κ2) is 4.03. The van der Waals surface area contributed by atoms with Crippen LogP contribution in [0, 0.1) is 0 Å². The van der Waals surface area contributed by atoms with Crippen LogP contribution in [0.15, 0.2) is 49.1 Å². The van der Waals surface area contributed by atoms with Crippen LogP contribution >= 0.6 is 0 Å². The number of aromatic hydroxyl groups is 1. The normalized spacial score (nSPS) is 11.2. The molecule has 0 saturated carbocycles. The molecule has 0 aliphatic heterocycles. The fourth-order valence-electron chi connectivity index (χ4n) is 2.46. The fourth-order valence-corrected chi connectivity index (χ4v) is 2.46. The number of aromatic amines is 1. The van der Waals surface area contributed by atoms with Crippen LogP contribution in [0.4, 0.5) is 0 Å². The molecule has 5 nitrogen and oxygen atoms in total. The minimum Gasteiger partial charge on any atom is -0.507 e. The standard InChI is InChI=1S/C15H10N4O/c20-12-6-5-11(9-3-1-2-4-10(9)12)13-14-15(18-7-16-13)19-8-17-14/h1-8,20H,(H,16,17,18,19). The summed E-state index contributed by atoms with van der Waals surface area (Å²) >= 11 is 0. The number of phenols is 1. The van der Waals surface area contributed by atoms with Crippen molar-refractivity contribution < 1.29 is 5.11 Å². The molecule has 0 bridgehead atoms. The van der Waals surface area contributed by atoms with Gasteiger partial charge < -0.3 is 10.1 Å². The van der Waals surface area contributed by atoms with Crippen molar-refractivity contribution in [2.45, 2.75) is 0 Å². The molecule has 0 atom stereocenters. The second-order valence-corrected chi connectivity index (χ2v) is 4.50. The third-order valence-corrected chi connectivity index (χ3v) is 3.38. The average molecular weight is 262 g/mol. The highest BCUT2D eigenvalue weighted by Crippen LogP contribution is 2.34. The molecule has 4 aromatic rings. The van der Waals surface area contributed by atoms with E-state index >= 15 is 0 Å². The third kappa shape index (κ3) is 1.46. The van der Waals surface area contributed by atoms with Crippen LogP contribution in [-0.4, -0.2) is 25.0 Å². The Morgan fingerprint density at radius 2 is 1.75 bits per heavy atom.